The van der Waals surface area contributed by atoms with Crippen LogP contribution < -0.4 is 10.0 Å². The molecular formula is C16H22F2N4O2S. The summed E-state index contributed by atoms with van der Waals surface area (Å²) in [7, 11) is -3.16. The lowest BCUT2D eigenvalue weighted by Crippen LogP contribution is -2.26. The maximum atomic E-state index is 14.0. The molecule has 0 aliphatic heterocycles. The third kappa shape index (κ3) is 5.32. The van der Waals surface area contributed by atoms with Gasteiger partial charge < -0.3 is 5.32 Å². The van der Waals surface area contributed by atoms with Crippen molar-refractivity contribution in [3.63, 3.8) is 0 Å². The minimum atomic E-state index is -3.16. The van der Waals surface area contributed by atoms with Crippen LogP contribution in [0.5, 0.6) is 0 Å². The van der Waals surface area contributed by atoms with E-state index in [1.807, 2.05) is 13.8 Å². The SMILES string of the molecule is Cc1nn(-c2ccc(F)cc2F)c(C)c1CNCCCNS(C)(=O)=O. The van der Waals surface area contributed by atoms with Crippen LogP contribution in [0.3, 0.4) is 0 Å². The minimum absolute atomic E-state index is 0.200. The van der Waals surface area contributed by atoms with Crippen LogP contribution in [0.25, 0.3) is 5.69 Å². The molecule has 25 heavy (non-hydrogen) atoms. The molecule has 1 aromatic heterocycles. The Labute approximate surface area is 146 Å². The molecule has 0 saturated carbocycles. The monoisotopic (exact) mass is 372 g/mol. The van der Waals surface area contributed by atoms with Crippen LogP contribution in [0, 0.1) is 25.5 Å². The highest BCUT2D eigenvalue weighted by molar-refractivity contribution is 7.88. The quantitative estimate of drug-likeness (QED) is 0.693. The van der Waals surface area contributed by atoms with Crippen molar-refractivity contribution in [2.75, 3.05) is 19.3 Å². The van der Waals surface area contributed by atoms with Gasteiger partial charge >= 0.3 is 0 Å². The van der Waals surface area contributed by atoms with E-state index < -0.39 is 21.7 Å². The highest BCUT2D eigenvalue weighted by Gasteiger charge is 2.15. The van der Waals surface area contributed by atoms with Crippen molar-refractivity contribution >= 4 is 10.0 Å². The fraction of sp³-hybridized carbons (Fsp3) is 0.438. The minimum Gasteiger partial charge on any atom is -0.312 e. The lowest BCUT2D eigenvalue weighted by atomic mass is 10.2. The summed E-state index contributed by atoms with van der Waals surface area (Å²) < 4.78 is 52.9. The Bertz CT molecular complexity index is 850. The molecule has 0 amide bonds. The van der Waals surface area contributed by atoms with Gasteiger partial charge in [0.2, 0.25) is 10.0 Å². The van der Waals surface area contributed by atoms with Gasteiger partial charge in [-0.25, -0.2) is 26.6 Å². The third-order valence-corrected chi connectivity index (χ3v) is 4.50. The van der Waals surface area contributed by atoms with E-state index in [1.54, 1.807) is 0 Å². The second kappa shape index (κ2) is 8.03. The van der Waals surface area contributed by atoms with Crippen LogP contribution >= 0.6 is 0 Å². The number of aryl methyl sites for hydroxylation is 1. The summed E-state index contributed by atoms with van der Waals surface area (Å²) in [4.78, 5) is 0. The standard InChI is InChI=1S/C16H22F2N4O2S/c1-11-14(10-19-7-4-8-20-25(3,23)24)12(2)22(21-11)16-6-5-13(17)9-15(16)18/h5-6,9,19-20H,4,7-8,10H2,1-3H3. The van der Waals surface area contributed by atoms with E-state index in [2.05, 4.69) is 15.1 Å². The molecule has 0 atom stereocenters. The fourth-order valence-electron chi connectivity index (χ4n) is 2.50. The molecular weight excluding hydrogens is 350 g/mol. The lowest BCUT2D eigenvalue weighted by molar-refractivity contribution is 0.571. The molecule has 6 nitrogen and oxygen atoms in total. The average Bonchev–Trinajstić information content (AvgIpc) is 2.77. The second-order valence-electron chi connectivity index (χ2n) is 5.85. The van der Waals surface area contributed by atoms with Crippen molar-refractivity contribution in [1.29, 1.82) is 0 Å². The van der Waals surface area contributed by atoms with Gasteiger partial charge in [0.1, 0.15) is 11.5 Å². The van der Waals surface area contributed by atoms with Crippen LogP contribution in [0.1, 0.15) is 23.4 Å². The van der Waals surface area contributed by atoms with Crippen molar-refractivity contribution in [3.8, 4) is 5.69 Å². The van der Waals surface area contributed by atoms with E-state index in [-0.39, 0.29) is 5.69 Å². The molecule has 0 saturated heterocycles. The van der Waals surface area contributed by atoms with Crippen LogP contribution in [0.15, 0.2) is 18.2 Å². The fourth-order valence-corrected chi connectivity index (χ4v) is 3.02. The number of sulfonamides is 1. The Morgan fingerprint density at radius 1 is 1.20 bits per heavy atom. The molecule has 2 aromatic rings. The van der Waals surface area contributed by atoms with Crippen molar-refractivity contribution in [2.24, 2.45) is 0 Å². The number of nitrogens with one attached hydrogen (secondary N) is 2. The molecule has 0 aliphatic rings. The number of rotatable bonds is 8. The highest BCUT2D eigenvalue weighted by atomic mass is 32.2. The molecule has 0 aliphatic carbocycles. The third-order valence-electron chi connectivity index (χ3n) is 3.78. The zero-order valence-corrected chi connectivity index (χ0v) is 15.3. The first kappa shape index (κ1) is 19.5. The predicted octanol–water partition coefficient (Wildman–Crippen LogP) is 1.80. The van der Waals surface area contributed by atoms with Gasteiger partial charge in [0, 0.05) is 30.4 Å². The van der Waals surface area contributed by atoms with Crippen LogP contribution in [-0.4, -0.2) is 37.5 Å². The molecule has 0 unspecified atom stereocenters. The van der Waals surface area contributed by atoms with Gasteiger partial charge in [0.15, 0.2) is 5.82 Å². The predicted molar refractivity (Wildman–Crippen MR) is 92.1 cm³/mol. The molecule has 9 heteroatoms. The largest absolute Gasteiger partial charge is 0.312 e. The van der Waals surface area contributed by atoms with Gasteiger partial charge in [0.25, 0.3) is 0 Å². The number of hydrogen-bond acceptors (Lipinski definition) is 4. The van der Waals surface area contributed by atoms with E-state index in [1.165, 1.54) is 16.8 Å². The Balaban J connectivity index is 2.00. The molecule has 1 heterocycles. The van der Waals surface area contributed by atoms with Crippen LogP contribution in [0.4, 0.5) is 8.78 Å². The van der Waals surface area contributed by atoms with Gasteiger partial charge in [0.05, 0.1) is 11.9 Å². The summed E-state index contributed by atoms with van der Waals surface area (Å²) in [6, 6.07) is 3.39. The highest BCUT2D eigenvalue weighted by Crippen LogP contribution is 2.20. The second-order valence-corrected chi connectivity index (χ2v) is 7.69. The van der Waals surface area contributed by atoms with E-state index in [0.29, 0.717) is 26.1 Å². The number of halogens is 2. The molecule has 1 aromatic carbocycles. The summed E-state index contributed by atoms with van der Waals surface area (Å²) in [5, 5.41) is 7.56. The number of aromatic nitrogens is 2. The van der Waals surface area contributed by atoms with Gasteiger partial charge in [-0.3, -0.25) is 0 Å². The topological polar surface area (TPSA) is 76.0 Å². The summed E-state index contributed by atoms with van der Waals surface area (Å²) in [5.41, 5.74) is 2.65. The van der Waals surface area contributed by atoms with Gasteiger partial charge in [-0.1, -0.05) is 0 Å². The summed E-state index contributed by atoms with van der Waals surface area (Å²) in [5.74, 6) is -1.30. The van der Waals surface area contributed by atoms with Crippen LogP contribution in [-0.2, 0) is 16.6 Å². The normalized spacial score (nSPS) is 11.9. The Kier molecular flexibility index (Phi) is 6.26. The smallest absolute Gasteiger partial charge is 0.208 e. The maximum absolute atomic E-state index is 14.0. The summed E-state index contributed by atoms with van der Waals surface area (Å²) in [6.07, 6.45) is 1.77. The van der Waals surface area contributed by atoms with Crippen molar-refractivity contribution in [3.05, 3.63) is 46.8 Å². The summed E-state index contributed by atoms with van der Waals surface area (Å²) in [6.45, 7) is 5.17. The first-order valence-corrected chi connectivity index (χ1v) is 9.74. The Morgan fingerprint density at radius 3 is 2.56 bits per heavy atom. The van der Waals surface area contributed by atoms with Crippen molar-refractivity contribution < 1.29 is 17.2 Å². The van der Waals surface area contributed by atoms with E-state index in [9.17, 15) is 17.2 Å². The molecule has 138 valence electrons. The molecule has 2 rings (SSSR count). The first-order valence-electron chi connectivity index (χ1n) is 7.85. The van der Waals surface area contributed by atoms with E-state index in [4.69, 9.17) is 0 Å². The van der Waals surface area contributed by atoms with Gasteiger partial charge in [-0.15, -0.1) is 0 Å². The van der Waals surface area contributed by atoms with Crippen LogP contribution in [0.2, 0.25) is 0 Å². The van der Waals surface area contributed by atoms with E-state index >= 15 is 0 Å². The number of nitrogens with zero attached hydrogens (tertiary/aromatic N) is 2. The van der Waals surface area contributed by atoms with Gasteiger partial charge in [-0.05, 0) is 38.9 Å². The zero-order chi connectivity index (χ0) is 18.6. The molecule has 0 spiro atoms. The molecule has 0 radical (unpaired) electrons. The summed E-state index contributed by atoms with van der Waals surface area (Å²) >= 11 is 0. The lowest BCUT2D eigenvalue weighted by Gasteiger charge is -2.08. The molecule has 2 N–H and O–H groups in total. The Morgan fingerprint density at radius 2 is 1.92 bits per heavy atom. The molecule has 0 fully saturated rings. The number of hydrogen-bond donors (Lipinski definition) is 2. The maximum Gasteiger partial charge on any atom is 0.208 e. The molecule has 0 bridgehead atoms. The van der Waals surface area contributed by atoms with Crippen molar-refractivity contribution in [2.45, 2.75) is 26.8 Å². The Hall–Kier alpha value is -1.84. The average molecular weight is 372 g/mol. The van der Waals surface area contributed by atoms with Crippen molar-refractivity contribution in [1.82, 2.24) is 19.8 Å². The zero-order valence-electron chi connectivity index (χ0n) is 14.4. The van der Waals surface area contributed by atoms with Gasteiger partial charge in [-0.2, -0.15) is 5.10 Å². The number of benzene rings is 1. The first-order chi connectivity index (χ1) is 11.7. The van der Waals surface area contributed by atoms with E-state index in [0.717, 1.165) is 29.3 Å².